The molecule has 0 aromatic heterocycles. The van der Waals surface area contributed by atoms with Crippen LogP contribution in [0.1, 0.15) is 16.7 Å². The van der Waals surface area contributed by atoms with E-state index in [1.54, 1.807) is 0 Å². The number of hydrogen-bond donors (Lipinski definition) is 2. The first-order valence-electron chi connectivity index (χ1n) is 7.64. The minimum Gasteiger partial charge on any atom is -0.398 e. The van der Waals surface area contributed by atoms with E-state index in [1.165, 1.54) is 5.56 Å². The topological polar surface area (TPSA) is 52.0 Å². The smallest absolute Gasteiger partial charge is 0.0468 e. The van der Waals surface area contributed by atoms with Crippen LogP contribution < -0.4 is 21.9 Å². The molecule has 0 aliphatic heterocycles. The van der Waals surface area contributed by atoms with E-state index in [1.807, 2.05) is 66.7 Å². The fraction of sp³-hybridized carbons (Fsp3) is 0.0476. The molecule has 0 unspecified atom stereocenters. The monoisotopic (exact) mass is 300 g/mol. The Labute approximate surface area is 136 Å². The Morgan fingerprint density at radius 2 is 1.00 bits per heavy atom. The van der Waals surface area contributed by atoms with Gasteiger partial charge in [0.15, 0.2) is 0 Å². The van der Waals surface area contributed by atoms with Gasteiger partial charge in [0.05, 0.1) is 0 Å². The second-order valence-electron chi connectivity index (χ2n) is 5.60. The van der Waals surface area contributed by atoms with Gasteiger partial charge in [-0.1, -0.05) is 84.4 Å². The van der Waals surface area contributed by atoms with Crippen LogP contribution in [0.3, 0.4) is 0 Å². The van der Waals surface area contributed by atoms with Crippen molar-refractivity contribution in [1.29, 1.82) is 0 Å². The van der Waals surface area contributed by atoms with Crippen molar-refractivity contribution >= 4 is 11.4 Å². The molecule has 2 heteroatoms. The molecular formula is C21H20N2. The molecule has 4 N–H and O–H groups in total. The molecule has 0 atom stereocenters. The molecule has 0 aliphatic rings. The van der Waals surface area contributed by atoms with E-state index in [-0.39, 0.29) is 0 Å². The van der Waals surface area contributed by atoms with Gasteiger partial charge < -0.3 is 11.5 Å². The van der Waals surface area contributed by atoms with Crippen LogP contribution in [0, 0.1) is 6.92 Å². The molecule has 0 spiro atoms. The van der Waals surface area contributed by atoms with E-state index in [9.17, 15) is 0 Å². The molecular weight excluding hydrogens is 280 g/mol. The lowest BCUT2D eigenvalue weighted by atomic mass is 10.0. The van der Waals surface area contributed by atoms with Crippen molar-refractivity contribution in [1.82, 2.24) is 0 Å². The Balaban J connectivity index is 2.30. The normalized spacial score (nSPS) is 13.4. The van der Waals surface area contributed by atoms with Crippen molar-refractivity contribution in [3.63, 3.8) is 0 Å². The Bertz CT molecular complexity index is 924. The average molecular weight is 300 g/mol. The number of nitrogens with two attached hydrogens (primary N) is 2. The largest absolute Gasteiger partial charge is 0.398 e. The van der Waals surface area contributed by atoms with Crippen LogP contribution in [0.4, 0.5) is 0 Å². The summed E-state index contributed by atoms with van der Waals surface area (Å²) in [6.45, 7) is 2.06. The number of aryl methyl sites for hydroxylation is 1. The van der Waals surface area contributed by atoms with Crippen LogP contribution in [0.2, 0.25) is 0 Å². The van der Waals surface area contributed by atoms with Crippen molar-refractivity contribution in [3.05, 3.63) is 106 Å². The maximum Gasteiger partial charge on any atom is 0.0468 e. The standard InChI is InChI=1S/C21H20N2/c1-15-11-13-17(14-12-15)21(23)19-10-6-5-9-18(19)20(22)16-7-3-2-4-8-16/h2-14H,22-23H2,1H3/b20-18-,21-19-. The van der Waals surface area contributed by atoms with E-state index in [0.29, 0.717) is 0 Å². The summed E-state index contributed by atoms with van der Waals surface area (Å²) in [6.07, 6.45) is 0. The molecule has 0 fully saturated rings. The highest BCUT2D eigenvalue weighted by Gasteiger charge is 2.02. The van der Waals surface area contributed by atoms with E-state index in [2.05, 4.69) is 19.1 Å². The quantitative estimate of drug-likeness (QED) is 0.762. The minimum atomic E-state index is 0.733. The van der Waals surface area contributed by atoms with Crippen molar-refractivity contribution in [2.75, 3.05) is 0 Å². The lowest BCUT2D eigenvalue weighted by Gasteiger charge is -2.06. The zero-order valence-electron chi connectivity index (χ0n) is 13.2. The summed E-state index contributed by atoms with van der Waals surface area (Å²) >= 11 is 0. The van der Waals surface area contributed by atoms with Crippen LogP contribution >= 0.6 is 0 Å². The number of hydrogen-bond acceptors (Lipinski definition) is 2. The molecule has 0 aliphatic carbocycles. The summed E-state index contributed by atoms with van der Waals surface area (Å²) in [7, 11) is 0. The van der Waals surface area contributed by atoms with Crippen LogP contribution in [0.25, 0.3) is 11.4 Å². The Kier molecular flexibility index (Phi) is 4.15. The van der Waals surface area contributed by atoms with Crippen molar-refractivity contribution in [3.8, 4) is 0 Å². The van der Waals surface area contributed by atoms with E-state index >= 15 is 0 Å². The molecule has 3 rings (SSSR count). The highest BCUT2D eigenvalue weighted by Crippen LogP contribution is 2.08. The minimum absolute atomic E-state index is 0.733. The van der Waals surface area contributed by atoms with Gasteiger partial charge in [-0.25, -0.2) is 0 Å². The highest BCUT2D eigenvalue weighted by molar-refractivity contribution is 5.67. The van der Waals surface area contributed by atoms with Crippen LogP contribution in [0.5, 0.6) is 0 Å². The molecule has 114 valence electrons. The molecule has 0 amide bonds. The molecule has 2 nitrogen and oxygen atoms in total. The lowest BCUT2D eigenvalue weighted by Crippen LogP contribution is -2.34. The zero-order chi connectivity index (χ0) is 16.2. The Morgan fingerprint density at radius 1 is 0.565 bits per heavy atom. The fourth-order valence-corrected chi connectivity index (χ4v) is 2.61. The number of rotatable bonds is 2. The third-order valence-corrected chi connectivity index (χ3v) is 3.95. The third-order valence-electron chi connectivity index (χ3n) is 3.95. The molecule has 3 aromatic carbocycles. The van der Waals surface area contributed by atoms with E-state index in [0.717, 1.165) is 33.0 Å². The van der Waals surface area contributed by atoms with Crippen LogP contribution in [-0.2, 0) is 0 Å². The SMILES string of the molecule is Cc1ccc(/C(N)=c2\cccc\c2=C(\N)c2ccccc2)cc1. The first-order chi connectivity index (χ1) is 11.2. The summed E-state index contributed by atoms with van der Waals surface area (Å²) in [4.78, 5) is 0. The summed E-state index contributed by atoms with van der Waals surface area (Å²) in [6, 6.07) is 26.2. The molecule has 0 radical (unpaired) electrons. The Hall–Kier alpha value is -3.00. The van der Waals surface area contributed by atoms with Crippen LogP contribution in [0.15, 0.2) is 78.9 Å². The molecule has 0 heterocycles. The molecule has 0 saturated heterocycles. The second kappa shape index (κ2) is 6.41. The van der Waals surface area contributed by atoms with Gasteiger partial charge in [0, 0.05) is 21.8 Å². The first-order valence-corrected chi connectivity index (χ1v) is 7.64. The van der Waals surface area contributed by atoms with Crippen molar-refractivity contribution in [2.24, 2.45) is 11.5 Å². The maximum absolute atomic E-state index is 6.43. The van der Waals surface area contributed by atoms with Crippen molar-refractivity contribution in [2.45, 2.75) is 6.92 Å². The third kappa shape index (κ3) is 3.11. The van der Waals surface area contributed by atoms with Gasteiger partial charge in [0.2, 0.25) is 0 Å². The highest BCUT2D eigenvalue weighted by atomic mass is 14.6. The van der Waals surface area contributed by atoms with E-state index in [4.69, 9.17) is 11.5 Å². The summed E-state index contributed by atoms with van der Waals surface area (Å²) < 4.78 is 0. The Morgan fingerprint density at radius 3 is 1.52 bits per heavy atom. The van der Waals surface area contributed by atoms with Gasteiger partial charge in [0.25, 0.3) is 0 Å². The van der Waals surface area contributed by atoms with Gasteiger partial charge >= 0.3 is 0 Å². The zero-order valence-corrected chi connectivity index (χ0v) is 13.2. The predicted octanol–water partition coefficient (Wildman–Crippen LogP) is 2.23. The van der Waals surface area contributed by atoms with Crippen LogP contribution in [-0.4, -0.2) is 0 Å². The van der Waals surface area contributed by atoms with Gasteiger partial charge in [-0.2, -0.15) is 0 Å². The molecule has 0 saturated carbocycles. The summed E-state index contributed by atoms with van der Waals surface area (Å²) in [5, 5.41) is 1.91. The lowest BCUT2D eigenvalue weighted by molar-refractivity contribution is 1.36. The molecule has 0 bridgehead atoms. The maximum atomic E-state index is 6.43. The van der Waals surface area contributed by atoms with Gasteiger partial charge in [0.1, 0.15) is 0 Å². The fourth-order valence-electron chi connectivity index (χ4n) is 2.61. The summed E-state index contributed by atoms with van der Waals surface area (Å²) in [5.41, 5.74) is 17.5. The predicted molar refractivity (Wildman–Crippen MR) is 96.7 cm³/mol. The molecule has 3 aromatic rings. The van der Waals surface area contributed by atoms with Gasteiger partial charge in [-0.3, -0.25) is 0 Å². The van der Waals surface area contributed by atoms with E-state index < -0.39 is 0 Å². The second-order valence-corrected chi connectivity index (χ2v) is 5.60. The number of benzene rings is 3. The summed E-state index contributed by atoms with van der Waals surface area (Å²) in [5.74, 6) is 0. The molecule has 23 heavy (non-hydrogen) atoms. The first kappa shape index (κ1) is 14.9. The van der Waals surface area contributed by atoms with Crippen molar-refractivity contribution < 1.29 is 0 Å². The van der Waals surface area contributed by atoms with Gasteiger partial charge in [-0.15, -0.1) is 0 Å². The van der Waals surface area contributed by atoms with Gasteiger partial charge in [-0.05, 0) is 18.1 Å². The average Bonchev–Trinajstić information content (AvgIpc) is 2.62.